The van der Waals surface area contributed by atoms with Crippen molar-refractivity contribution in [2.24, 2.45) is 0 Å². The second kappa shape index (κ2) is 14.4. The summed E-state index contributed by atoms with van der Waals surface area (Å²) in [7, 11) is 0. The highest BCUT2D eigenvalue weighted by Crippen LogP contribution is 2.44. The van der Waals surface area contributed by atoms with Gasteiger partial charge in [0.25, 0.3) is 0 Å². The van der Waals surface area contributed by atoms with E-state index in [0.29, 0.717) is 0 Å². The molecule has 0 saturated heterocycles. The minimum atomic E-state index is -0.414. The van der Waals surface area contributed by atoms with Crippen molar-refractivity contribution in [1.82, 2.24) is 4.57 Å². The molecule has 0 spiro atoms. The van der Waals surface area contributed by atoms with E-state index in [1.165, 1.54) is 11.1 Å². The van der Waals surface area contributed by atoms with E-state index < -0.39 is 6.04 Å². The number of nitrogens with zero attached hydrogens (tertiary/aromatic N) is 2. The van der Waals surface area contributed by atoms with E-state index >= 15 is 0 Å². The summed E-state index contributed by atoms with van der Waals surface area (Å²) in [5, 5.41) is 1.85. The number of fused-ring (bicyclic) bond motifs is 3. The van der Waals surface area contributed by atoms with Crippen LogP contribution in [-0.4, -0.2) is 4.57 Å². The van der Waals surface area contributed by atoms with Gasteiger partial charge in [-0.05, 0) is 93.5 Å². The molecule has 1 aromatic heterocycles. The summed E-state index contributed by atoms with van der Waals surface area (Å²) in [5.41, 5.74) is 13.4. The first-order chi connectivity index (χ1) is 29.9. The molecule has 0 saturated carbocycles. The van der Waals surface area contributed by atoms with Crippen LogP contribution >= 0.6 is 0 Å². The fraction of sp³-hybridized carbons (Fsp3) is 0. The highest BCUT2D eigenvalue weighted by molar-refractivity contribution is 6.16. The molecular weight excluding hydrogens is 677 g/mol. The first-order valence-corrected chi connectivity index (χ1v) is 18.8. The summed E-state index contributed by atoms with van der Waals surface area (Å²) in [6, 6.07) is 67.6. The van der Waals surface area contributed by atoms with Crippen LogP contribution in [0.4, 0.5) is 17.1 Å². The van der Waals surface area contributed by atoms with Crippen LogP contribution in [0.25, 0.3) is 72.0 Å². The van der Waals surface area contributed by atoms with E-state index in [9.17, 15) is 0 Å². The van der Waals surface area contributed by atoms with Gasteiger partial charge >= 0.3 is 0 Å². The number of aromatic nitrogens is 1. The first-order valence-electron chi connectivity index (χ1n) is 21.3. The monoisotopic (exact) mass is 719 g/mol. The number of hydrogen-bond donors (Lipinski definition) is 0. The Morgan fingerprint density at radius 3 is 1.64 bits per heavy atom. The van der Waals surface area contributed by atoms with Crippen LogP contribution in [0.1, 0.15) is 6.85 Å². The summed E-state index contributed by atoms with van der Waals surface area (Å²) < 4.78 is 44.8. The quantitative estimate of drug-likeness (QED) is 0.152. The molecule has 0 N–H and O–H groups in total. The summed E-state index contributed by atoms with van der Waals surface area (Å²) >= 11 is 0. The van der Waals surface area contributed by atoms with Crippen LogP contribution in [0.5, 0.6) is 0 Å². The molecule has 0 amide bonds. The number of para-hydroxylation sites is 3. The van der Waals surface area contributed by atoms with Gasteiger partial charge in [-0.2, -0.15) is 0 Å². The van der Waals surface area contributed by atoms with Crippen molar-refractivity contribution in [3.63, 3.8) is 0 Å². The Morgan fingerprint density at radius 2 is 0.911 bits per heavy atom. The Labute approximate surface area is 334 Å². The van der Waals surface area contributed by atoms with Gasteiger partial charge in [0.1, 0.15) is 0 Å². The summed E-state index contributed by atoms with van der Waals surface area (Å²) in [6.45, 7) is 0. The molecule has 2 heteroatoms. The molecule has 0 bridgehead atoms. The predicted octanol–water partition coefficient (Wildman–Crippen LogP) is 14.9. The van der Waals surface area contributed by atoms with Gasteiger partial charge in [-0.15, -0.1) is 0 Å². The highest BCUT2D eigenvalue weighted by Gasteiger charge is 2.20. The smallest absolute Gasteiger partial charge is 0.0645 e. The molecule has 9 aromatic carbocycles. The van der Waals surface area contributed by atoms with E-state index in [-0.39, 0.29) is 29.9 Å². The van der Waals surface area contributed by atoms with Crippen molar-refractivity contribution in [3.8, 4) is 50.2 Å². The van der Waals surface area contributed by atoms with E-state index in [2.05, 4.69) is 157 Å². The minimum absolute atomic E-state index is 0.127. The molecule has 56 heavy (non-hydrogen) atoms. The van der Waals surface area contributed by atoms with Crippen molar-refractivity contribution in [2.45, 2.75) is 0 Å². The van der Waals surface area contributed by atoms with Gasteiger partial charge in [0.05, 0.1) is 23.6 Å². The highest BCUT2D eigenvalue weighted by atomic mass is 15.1. The Bertz CT molecular complexity index is 3200. The number of rotatable bonds is 8. The average Bonchev–Trinajstić information content (AvgIpc) is 3.66. The fourth-order valence-electron chi connectivity index (χ4n) is 7.91. The van der Waals surface area contributed by atoms with Crippen molar-refractivity contribution in [3.05, 3.63) is 230 Å². The van der Waals surface area contributed by atoms with Crippen LogP contribution in [-0.2, 0) is 0 Å². The molecule has 0 radical (unpaired) electrons. The van der Waals surface area contributed by atoms with Gasteiger partial charge in [-0.25, -0.2) is 0 Å². The summed E-state index contributed by atoms with van der Waals surface area (Å²) in [5.74, 6) is 0. The van der Waals surface area contributed by atoms with Crippen molar-refractivity contribution < 1.29 is 6.85 Å². The normalized spacial score (nSPS) is 12.5. The molecule has 0 aliphatic heterocycles. The van der Waals surface area contributed by atoms with E-state index in [1.54, 1.807) is 0 Å². The van der Waals surface area contributed by atoms with Crippen molar-refractivity contribution >= 4 is 38.9 Å². The molecule has 264 valence electrons. The van der Waals surface area contributed by atoms with Gasteiger partial charge < -0.3 is 9.47 Å². The zero-order valence-electron chi connectivity index (χ0n) is 35.4. The summed E-state index contributed by atoms with van der Waals surface area (Å²) in [6.07, 6.45) is 0. The molecule has 0 atom stereocenters. The Balaban J connectivity index is 1.13. The molecule has 2 nitrogen and oxygen atoms in total. The molecular formula is C54H38N2. The van der Waals surface area contributed by atoms with Gasteiger partial charge in [0, 0.05) is 33.4 Å². The van der Waals surface area contributed by atoms with E-state index in [0.717, 1.165) is 72.2 Å². The van der Waals surface area contributed by atoms with Crippen molar-refractivity contribution in [2.75, 3.05) is 4.90 Å². The number of hydrogen-bond acceptors (Lipinski definition) is 1. The van der Waals surface area contributed by atoms with Gasteiger partial charge in [-0.3, -0.25) is 0 Å². The van der Waals surface area contributed by atoms with E-state index in [4.69, 9.17) is 6.85 Å². The number of benzene rings is 9. The lowest BCUT2D eigenvalue weighted by Gasteiger charge is -2.28. The molecule has 0 aliphatic carbocycles. The molecule has 0 fully saturated rings. The first kappa shape index (κ1) is 28.1. The molecule has 1 heterocycles. The lowest BCUT2D eigenvalue weighted by molar-refractivity contribution is 1.18. The molecule has 0 unspecified atom stereocenters. The topological polar surface area (TPSA) is 8.17 Å². The predicted molar refractivity (Wildman–Crippen MR) is 237 cm³/mol. The third-order valence-corrected chi connectivity index (χ3v) is 10.5. The van der Waals surface area contributed by atoms with Crippen LogP contribution in [0.15, 0.2) is 230 Å². The van der Waals surface area contributed by atoms with Gasteiger partial charge in [0.2, 0.25) is 0 Å². The SMILES string of the molecule is [2H]c1c([2H])c([2H])c(-n2c3ccccc3c3c(-c4cccc(N(c5ccc(-c6ccc(-c7ccccc7)cc6)cc5)c5ccccc5-c5ccccc5)c4)cccc32)c([2H])c1[2H]. The minimum Gasteiger partial charge on any atom is -0.310 e. The lowest BCUT2D eigenvalue weighted by Crippen LogP contribution is -2.11. The third kappa shape index (κ3) is 6.04. The van der Waals surface area contributed by atoms with Crippen LogP contribution < -0.4 is 4.90 Å². The van der Waals surface area contributed by atoms with Crippen LogP contribution in [0, 0.1) is 0 Å². The molecule has 0 aliphatic rings. The zero-order valence-corrected chi connectivity index (χ0v) is 30.4. The Morgan fingerprint density at radius 1 is 0.375 bits per heavy atom. The maximum Gasteiger partial charge on any atom is 0.0645 e. The van der Waals surface area contributed by atoms with Crippen molar-refractivity contribution in [1.29, 1.82) is 0 Å². The maximum absolute atomic E-state index is 8.90. The standard InChI is InChI=1S/C54H38N2/c1-4-16-39(17-5-1)40-30-32-41(33-31-40)42-34-36-46(37-35-42)55(51-27-12-10-24-48(51)43-18-6-2-7-19-43)47-23-14-20-44(38-47)49-26-15-29-53-54(49)50-25-11-13-28-52(50)56(53)45-21-8-3-9-22-45/h1-38H/i3D,8D,9D,21D,22D. The zero-order chi connectivity index (χ0) is 41.6. The van der Waals surface area contributed by atoms with Gasteiger partial charge in [0.15, 0.2) is 0 Å². The molecule has 10 rings (SSSR count). The average molecular weight is 720 g/mol. The second-order valence-corrected chi connectivity index (χ2v) is 13.8. The molecule has 10 aromatic rings. The van der Waals surface area contributed by atoms with Crippen LogP contribution in [0.2, 0.25) is 0 Å². The second-order valence-electron chi connectivity index (χ2n) is 13.8. The largest absolute Gasteiger partial charge is 0.310 e. The summed E-state index contributed by atoms with van der Waals surface area (Å²) in [4.78, 5) is 2.31. The van der Waals surface area contributed by atoms with E-state index in [1.807, 2.05) is 53.1 Å². The Hall–Kier alpha value is -7.42. The maximum atomic E-state index is 8.90. The lowest BCUT2D eigenvalue weighted by atomic mass is 9.97. The Kier molecular flexibility index (Phi) is 7.24. The number of anilines is 3. The fourth-order valence-corrected chi connectivity index (χ4v) is 7.91. The van der Waals surface area contributed by atoms with Gasteiger partial charge in [-0.1, -0.05) is 176 Å². The van der Waals surface area contributed by atoms with Crippen LogP contribution in [0.3, 0.4) is 0 Å². The third-order valence-electron chi connectivity index (χ3n) is 10.5.